The minimum Gasteiger partial charge on any atom is -0.480 e. The molecule has 0 heterocycles. The number of aliphatic carboxylic acids is 1. The van der Waals surface area contributed by atoms with Gasteiger partial charge in [0.15, 0.2) is 0 Å². The number of amides is 1. The average molecular weight is 265 g/mol. The Balaban J connectivity index is 2.57. The number of benzene rings is 1. The van der Waals surface area contributed by atoms with Crippen LogP contribution in [-0.2, 0) is 16.1 Å². The Morgan fingerprint density at radius 3 is 2.47 bits per heavy atom. The lowest BCUT2D eigenvalue weighted by Crippen LogP contribution is -2.49. The van der Waals surface area contributed by atoms with Crippen molar-refractivity contribution >= 4 is 12.1 Å². The van der Waals surface area contributed by atoms with Crippen LogP contribution >= 0.6 is 0 Å². The van der Waals surface area contributed by atoms with Gasteiger partial charge < -0.3 is 15.2 Å². The van der Waals surface area contributed by atoms with Crippen molar-refractivity contribution in [1.29, 1.82) is 0 Å². The Morgan fingerprint density at radius 2 is 1.95 bits per heavy atom. The second kappa shape index (κ2) is 5.73. The Kier molecular flexibility index (Phi) is 4.53. The highest BCUT2D eigenvalue weighted by Gasteiger charge is 2.29. The first-order valence-electron chi connectivity index (χ1n) is 5.97. The van der Waals surface area contributed by atoms with Crippen LogP contribution in [0, 0.1) is 13.8 Å². The van der Waals surface area contributed by atoms with Gasteiger partial charge in [0.05, 0.1) is 0 Å². The van der Waals surface area contributed by atoms with Gasteiger partial charge in [-0.05, 0) is 38.8 Å². The van der Waals surface area contributed by atoms with Crippen LogP contribution in [0.5, 0.6) is 0 Å². The number of carboxylic acids is 1. The molecule has 0 bridgehead atoms. The summed E-state index contributed by atoms with van der Waals surface area (Å²) >= 11 is 0. The molecule has 1 aromatic carbocycles. The third-order valence-electron chi connectivity index (χ3n) is 2.81. The molecule has 5 heteroatoms. The lowest BCUT2D eigenvalue weighted by atomic mass is 10.1. The first-order chi connectivity index (χ1) is 8.72. The summed E-state index contributed by atoms with van der Waals surface area (Å²) in [5.74, 6) is -1.11. The molecular formula is C14H19NO4. The number of carbonyl (C=O) groups is 2. The van der Waals surface area contributed by atoms with Crippen LogP contribution in [0.4, 0.5) is 4.79 Å². The van der Waals surface area contributed by atoms with Crippen LogP contribution in [0.25, 0.3) is 0 Å². The molecule has 0 aliphatic rings. The lowest BCUT2D eigenvalue weighted by molar-refractivity contribution is -0.143. The fourth-order valence-electron chi connectivity index (χ4n) is 1.50. The summed E-state index contributed by atoms with van der Waals surface area (Å²) < 4.78 is 5.02. The highest BCUT2D eigenvalue weighted by molar-refractivity contribution is 5.83. The average Bonchev–Trinajstić information content (AvgIpc) is 2.27. The van der Waals surface area contributed by atoms with Crippen molar-refractivity contribution in [1.82, 2.24) is 5.32 Å². The number of aryl methyl sites for hydroxylation is 2. The fourth-order valence-corrected chi connectivity index (χ4v) is 1.50. The summed E-state index contributed by atoms with van der Waals surface area (Å²) in [4.78, 5) is 22.4. The molecule has 104 valence electrons. The first kappa shape index (κ1) is 15.0. The van der Waals surface area contributed by atoms with Crippen LogP contribution in [-0.4, -0.2) is 22.7 Å². The Labute approximate surface area is 112 Å². The van der Waals surface area contributed by atoms with Gasteiger partial charge in [-0.3, -0.25) is 0 Å². The number of rotatable bonds is 4. The molecule has 0 unspecified atom stereocenters. The maximum Gasteiger partial charge on any atom is 0.408 e. The number of carbonyl (C=O) groups excluding carboxylic acids is 1. The van der Waals surface area contributed by atoms with E-state index in [9.17, 15) is 9.59 Å². The minimum atomic E-state index is -1.35. The van der Waals surface area contributed by atoms with Crippen LogP contribution in [0.1, 0.15) is 30.5 Å². The van der Waals surface area contributed by atoms with E-state index in [1.54, 1.807) is 0 Å². The van der Waals surface area contributed by atoms with Gasteiger partial charge in [0.25, 0.3) is 0 Å². The maximum absolute atomic E-state index is 11.5. The Bertz CT molecular complexity index is 494. The minimum absolute atomic E-state index is 0.119. The number of carboxylic acid groups (broad SMARTS) is 1. The predicted molar refractivity (Wildman–Crippen MR) is 71.0 cm³/mol. The van der Waals surface area contributed by atoms with E-state index >= 15 is 0 Å². The van der Waals surface area contributed by atoms with Gasteiger partial charge in [-0.15, -0.1) is 0 Å². The van der Waals surface area contributed by atoms with Crippen LogP contribution in [0.3, 0.4) is 0 Å². The number of hydrogen-bond donors (Lipinski definition) is 2. The Morgan fingerprint density at radius 1 is 1.32 bits per heavy atom. The third-order valence-corrected chi connectivity index (χ3v) is 2.81. The highest BCUT2D eigenvalue weighted by atomic mass is 16.5. The molecule has 0 aliphatic heterocycles. The summed E-state index contributed by atoms with van der Waals surface area (Å²) in [5, 5.41) is 11.2. The molecule has 1 amide bonds. The van der Waals surface area contributed by atoms with Gasteiger partial charge in [0.2, 0.25) is 0 Å². The first-order valence-corrected chi connectivity index (χ1v) is 5.97. The van der Waals surface area contributed by atoms with E-state index < -0.39 is 17.6 Å². The molecular weight excluding hydrogens is 246 g/mol. The molecule has 5 nitrogen and oxygen atoms in total. The van der Waals surface area contributed by atoms with Crippen molar-refractivity contribution in [3.05, 3.63) is 34.9 Å². The van der Waals surface area contributed by atoms with Gasteiger partial charge in [-0.1, -0.05) is 23.8 Å². The normalized spacial score (nSPS) is 10.9. The van der Waals surface area contributed by atoms with Crippen LogP contribution < -0.4 is 5.32 Å². The van der Waals surface area contributed by atoms with Gasteiger partial charge in [0, 0.05) is 0 Å². The summed E-state index contributed by atoms with van der Waals surface area (Å²) in [7, 11) is 0. The SMILES string of the molecule is Cc1ccc(COC(=O)NC(C)(C)C(=O)O)c(C)c1. The quantitative estimate of drug-likeness (QED) is 0.876. The molecule has 1 rings (SSSR count). The highest BCUT2D eigenvalue weighted by Crippen LogP contribution is 2.12. The van der Waals surface area contributed by atoms with E-state index in [2.05, 4.69) is 5.32 Å². The summed E-state index contributed by atoms with van der Waals surface area (Å²) in [6.45, 7) is 6.83. The predicted octanol–water partition coefficient (Wildman–Crippen LogP) is 2.39. The van der Waals surface area contributed by atoms with Crippen molar-refractivity contribution < 1.29 is 19.4 Å². The molecule has 0 radical (unpaired) electrons. The summed E-state index contributed by atoms with van der Waals surface area (Å²) in [5.41, 5.74) is 1.72. The van der Waals surface area contributed by atoms with E-state index in [0.29, 0.717) is 0 Å². The van der Waals surface area contributed by atoms with Crippen molar-refractivity contribution in [2.75, 3.05) is 0 Å². The molecule has 0 aromatic heterocycles. The zero-order chi connectivity index (χ0) is 14.6. The van der Waals surface area contributed by atoms with E-state index in [4.69, 9.17) is 9.84 Å². The second-order valence-corrected chi connectivity index (χ2v) is 5.06. The van der Waals surface area contributed by atoms with Gasteiger partial charge >= 0.3 is 12.1 Å². The summed E-state index contributed by atoms with van der Waals surface area (Å²) in [6.07, 6.45) is -0.743. The van der Waals surface area contributed by atoms with E-state index in [-0.39, 0.29) is 6.61 Å². The zero-order valence-electron chi connectivity index (χ0n) is 11.6. The monoisotopic (exact) mass is 265 g/mol. The van der Waals surface area contributed by atoms with Crippen LogP contribution in [0.15, 0.2) is 18.2 Å². The zero-order valence-corrected chi connectivity index (χ0v) is 11.6. The molecule has 0 aliphatic carbocycles. The van der Waals surface area contributed by atoms with E-state index in [1.807, 2.05) is 32.0 Å². The van der Waals surface area contributed by atoms with Crippen molar-refractivity contribution in [3.8, 4) is 0 Å². The van der Waals surface area contributed by atoms with Gasteiger partial charge in [-0.25, -0.2) is 9.59 Å². The van der Waals surface area contributed by atoms with Crippen molar-refractivity contribution in [2.24, 2.45) is 0 Å². The van der Waals surface area contributed by atoms with Crippen LogP contribution in [0.2, 0.25) is 0 Å². The number of ether oxygens (including phenoxy) is 1. The number of nitrogens with one attached hydrogen (secondary N) is 1. The van der Waals surface area contributed by atoms with Gasteiger partial charge in [0.1, 0.15) is 12.1 Å². The summed E-state index contributed by atoms with van der Waals surface area (Å²) in [6, 6.07) is 5.82. The molecule has 0 saturated heterocycles. The molecule has 0 saturated carbocycles. The smallest absolute Gasteiger partial charge is 0.408 e. The lowest BCUT2D eigenvalue weighted by Gasteiger charge is -2.20. The maximum atomic E-state index is 11.5. The van der Waals surface area contributed by atoms with E-state index in [1.165, 1.54) is 13.8 Å². The molecule has 0 fully saturated rings. The molecule has 0 spiro atoms. The van der Waals surface area contributed by atoms with Gasteiger partial charge in [-0.2, -0.15) is 0 Å². The molecule has 1 aromatic rings. The fraction of sp³-hybridized carbons (Fsp3) is 0.429. The molecule has 0 atom stereocenters. The molecule has 2 N–H and O–H groups in total. The van der Waals surface area contributed by atoms with E-state index in [0.717, 1.165) is 16.7 Å². The van der Waals surface area contributed by atoms with Crippen molar-refractivity contribution in [2.45, 2.75) is 39.8 Å². The largest absolute Gasteiger partial charge is 0.480 e. The third kappa shape index (κ3) is 4.28. The number of hydrogen-bond acceptors (Lipinski definition) is 3. The molecule has 19 heavy (non-hydrogen) atoms. The van der Waals surface area contributed by atoms with Crippen molar-refractivity contribution in [3.63, 3.8) is 0 Å². The Hall–Kier alpha value is -2.04. The number of alkyl carbamates (subject to hydrolysis) is 1. The second-order valence-electron chi connectivity index (χ2n) is 5.06. The topological polar surface area (TPSA) is 75.6 Å². The standard InChI is InChI=1S/C14H19NO4/c1-9-5-6-11(10(2)7-9)8-19-13(18)15-14(3,4)12(16)17/h5-7H,8H2,1-4H3,(H,15,18)(H,16,17).